The van der Waals surface area contributed by atoms with Crippen molar-refractivity contribution in [1.82, 2.24) is 0 Å². The summed E-state index contributed by atoms with van der Waals surface area (Å²) in [6.07, 6.45) is 19.2. The predicted octanol–water partition coefficient (Wildman–Crippen LogP) is 4.42. The van der Waals surface area contributed by atoms with Gasteiger partial charge in [0.25, 0.3) is 0 Å². The zero-order chi connectivity index (χ0) is 9.78. The molecule has 72 valence electrons. The third kappa shape index (κ3) is 11.0. The van der Waals surface area contributed by atoms with E-state index in [1.165, 1.54) is 12.8 Å². The van der Waals surface area contributed by atoms with E-state index < -0.39 is 0 Å². The maximum atomic E-state index is 3.60. The number of hydrogen-bond donors (Lipinski definition) is 0. The summed E-state index contributed by atoms with van der Waals surface area (Å²) in [6, 6.07) is 0. The Labute approximate surface area is 82.4 Å². The molecule has 13 heavy (non-hydrogen) atoms. The normalized spacial score (nSPS) is 12.1. The number of unbranched alkanes of at least 4 members (excludes halogenated alkanes) is 2. The highest BCUT2D eigenvalue weighted by Crippen LogP contribution is 1.98. The van der Waals surface area contributed by atoms with E-state index in [0.717, 1.165) is 12.8 Å². The van der Waals surface area contributed by atoms with Gasteiger partial charge in [0.1, 0.15) is 0 Å². The van der Waals surface area contributed by atoms with Gasteiger partial charge in [-0.1, -0.05) is 56.0 Å². The number of rotatable bonds is 7. The molecule has 0 heterocycles. The Morgan fingerprint density at radius 1 is 0.923 bits per heavy atom. The maximum Gasteiger partial charge on any atom is -0.0345 e. The van der Waals surface area contributed by atoms with Crippen LogP contribution >= 0.6 is 0 Å². The largest absolute Gasteiger partial charge is 0.0991 e. The van der Waals surface area contributed by atoms with Crippen LogP contribution in [-0.4, -0.2) is 0 Å². The summed E-state index contributed by atoms with van der Waals surface area (Å²) in [5.74, 6) is 0. The summed E-state index contributed by atoms with van der Waals surface area (Å²) < 4.78 is 0. The standard InChI is InChI=1S/C13H20/c1-3-5-7-9-11-13-12-10-8-6-4-2/h3,5-9,11H,1,4,10,12-13H2,2H3/b7-5+,8-6+,11-9+. The first kappa shape index (κ1) is 12.0. The molecule has 0 radical (unpaired) electrons. The van der Waals surface area contributed by atoms with Gasteiger partial charge >= 0.3 is 0 Å². The molecule has 0 spiro atoms. The van der Waals surface area contributed by atoms with Gasteiger partial charge < -0.3 is 0 Å². The Balaban J connectivity index is 3.24. The molecule has 0 saturated carbocycles. The van der Waals surface area contributed by atoms with Crippen LogP contribution in [0, 0.1) is 0 Å². The smallest absolute Gasteiger partial charge is 0.0345 e. The van der Waals surface area contributed by atoms with Crippen molar-refractivity contribution in [3.05, 3.63) is 49.1 Å². The van der Waals surface area contributed by atoms with Gasteiger partial charge in [0.15, 0.2) is 0 Å². The second kappa shape index (κ2) is 11.0. The molecule has 0 aliphatic heterocycles. The average molecular weight is 176 g/mol. The second-order valence-corrected chi connectivity index (χ2v) is 2.86. The molecule has 0 aromatic rings. The molecule has 0 aromatic carbocycles. The summed E-state index contributed by atoms with van der Waals surface area (Å²) in [6.45, 7) is 5.76. The summed E-state index contributed by atoms with van der Waals surface area (Å²) in [5.41, 5.74) is 0. The molecule has 0 N–H and O–H groups in total. The summed E-state index contributed by atoms with van der Waals surface area (Å²) in [4.78, 5) is 0. The predicted molar refractivity (Wildman–Crippen MR) is 61.8 cm³/mol. The van der Waals surface area contributed by atoms with Crippen molar-refractivity contribution in [3.63, 3.8) is 0 Å². The molecule has 0 atom stereocenters. The molecule has 0 amide bonds. The molecule has 0 aliphatic carbocycles. The molecule has 0 nitrogen and oxygen atoms in total. The van der Waals surface area contributed by atoms with E-state index in [4.69, 9.17) is 0 Å². The van der Waals surface area contributed by atoms with Crippen LogP contribution in [0.5, 0.6) is 0 Å². The minimum atomic E-state index is 1.15. The van der Waals surface area contributed by atoms with Crippen molar-refractivity contribution in [2.24, 2.45) is 0 Å². The molecule has 0 fully saturated rings. The topological polar surface area (TPSA) is 0 Å². The van der Waals surface area contributed by atoms with Crippen LogP contribution in [0.2, 0.25) is 0 Å². The quantitative estimate of drug-likeness (QED) is 0.306. The zero-order valence-corrected chi connectivity index (χ0v) is 8.58. The molecule has 0 heteroatoms. The van der Waals surface area contributed by atoms with E-state index in [9.17, 15) is 0 Å². The van der Waals surface area contributed by atoms with Gasteiger partial charge in [-0.3, -0.25) is 0 Å². The van der Waals surface area contributed by atoms with Crippen LogP contribution in [0.1, 0.15) is 32.6 Å². The first-order chi connectivity index (χ1) is 6.41. The van der Waals surface area contributed by atoms with Crippen LogP contribution in [0.15, 0.2) is 49.1 Å². The molecule has 0 aromatic heterocycles. The van der Waals surface area contributed by atoms with E-state index in [-0.39, 0.29) is 0 Å². The fraction of sp³-hybridized carbons (Fsp3) is 0.385. The van der Waals surface area contributed by atoms with Gasteiger partial charge in [-0.15, -0.1) is 0 Å². The third-order valence-electron chi connectivity index (χ3n) is 1.64. The lowest BCUT2D eigenvalue weighted by molar-refractivity contribution is 0.865. The van der Waals surface area contributed by atoms with Gasteiger partial charge in [0.05, 0.1) is 0 Å². The van der Waals surface area contributed by atoms with Gasteiger partial charge in [-0.25, -0.2) is 0 Å². The Kier molecular flexibility index (Phi) is 10.1. The Morgan fingerprint density at radius 2 is 1.69 bits per heavy atom. The summed E-state index contributed by atoms with van der Waals surface area (Å²) in [5, 5.41) is 0. The Morgan fingerprint density at radius 3 is 2.38 bits per heavy atom. The number of allylic oxidation sites excluding steroid dienone is 7. The summed E-state index contributed by atoms with van der Waals surface area (Å²) in [7, 11) is 0. The molecule has 0 saturated heterocycles. The van der Waals surface area contributed by atoms with E-state index in [2.05, 4.69) is 37.8 Å². The highest BCUT2D eigenvalue weighted by molar-refractivity contribution is 5.08. The lowest BCUT2D eigenvalue weighted by Crippen LogP contribution is -1.68. The van der Waals surface area contributed by atoms with E-state index in [1.807, 2.05) is 12.2 Å². The van der Waals surface area contributed by atoms with Gasteiger partial charge in [-0.2, -0.15) is 0 Å². The van der Waals surface area contributed by atoms with Gasteiger partial charge in [0, 0.05) is 0 Å². The Bertz CT molecular complexity index is 182. The lowest BCUT2D eigenvalue weighted by Gasteiger charge is -1.88. The minimum Gasteiger partial charge on any atom is -0.0991 e. The van der Waals surface area contributed by atoms with Crippen LogP contribution in [0.4, 0.5) is 0 Å². The fourth-order valence-electron chi connectivity index (χ4n) is 0.956. The highest BCUT2D eigenvalue weighted by atomic mass is 13.8. The monoisotopic (exact) mass is 176 g/mol. The van der Waals surface area contributed by atoms with Crippen molar-refractivity contribution in [2.75, 3.05) is 0 Å². The first-order valence-electron chi connectivity index (χ1n) is 5.01. The van der Waals surface area contributed by atoms with Gasteiger partial charge in [0.2, 0.25) is 0 Å². The molecular formula is C13H20. The van der Waals surface area contributed by atoms with Crippen LogP contribution in [-0.2, 0) is 0 Å². The molecule has 0 bridgehead atoms. The van der Waals surface area contributed by atoms with E-state index in [0.29, 0.717) is 0 Å². The number of hydrogen-bond acceptors (Lipinski definition) is 0. The molecule has 0 unspecified atom stereocenters. The second-order valence-electron chi connectivity index (χ2n) is 2.86. The SMILES string of the molecule is C=C/C=C/C=C/CCC/C=C/CC. The average Bonchev–Trinajstić information content (AvgIpc) is 2.16. The van der Waals surface area contributed by atoms with Crippen molar-refractivity contribution in [1.29, 1.82) is 0 Å². The van der Waals surface area contributed by atoms with Crippen LogP contribution < -0.4 is 0 Å². The fourth-order valence-corrected chi connectivity index (χ4v) is 0.956. The van der Waals surface area contributed by atoms with Crippen LogP contribution in [0.3, 0.4) is 0 Å². The van der Waals surface area contributed by atoms with Crippen molar-refractivity contribution >= 4 is 0 Å². The molecular weight excluding hydrogens is 156 g/mol. The van der Waals surface area contributed by atoms with E-state index in [1.54, 1.807) is 6.08 Å². The minimum absolute atomic E-state index is 1.15. The Hall–Kier alpha value is -1.04. The maximum absolute atomic E-state index is 3.60. The van der Waals surface area contributed by atoms with Crippen molar-refractivity contribution in [2.45, 2.75) is 32.6 Å². The molecule has 0 aliphatic rings. The van der Waals surface area contributed by atoms with E-state index >= 15 is 0 Å². The van der Waals surface area contributed by atoms with Crippen molar-refractivity contribution in [3.8, 4) is 0 Å². The molecule has 0 rings (SSSR count). The summed E-state index contributed by atoms with van der Waals surface area (Å²) >= 11 is 0. The van der Waals surface area contributed by atoms with Crippen LogP contribution in [0.25, 0.3) is 0 Å². The highest BCUT2D eigenvalue weighted by Gasteiger charge is 1.78. The zero-order valence-electron chi connectivity index (χ0n) is 8.58. The lowest BCUT2D eigenvalue weighted by atomic mass is 10.2. The van der Waals surface area contributed by atoms with Crippen molar-refractivity contribution < 1.29 is 0 Å². The third-order valence-corrected chi connectivity index (χ3v) is 1.64. The first-order valence-corrected chi connectivity index (χ1v) is 5.01. The van der Waals surface area contributed by atoms with Gasteiger partial charge in [-0.05, 0) is 25.7 Å².